The second-order valence-electron chi connectivity index (χ2n) is 7.28. The summed E-state index contributed by atoms with van der Waals surface area (Å²) in [6, 6.07) is 21.2. The molecule has 0 unspecified atom stereocenters. The second kappa shape index (κ2) is 11.0. The van der Waals surface area contributed by atoms with Crippen molar-refractivity contribution in [2.24, 2.45) is 0 Å². The van der Waals surface area contributed by atoms with E-state index in [1.54, 1.807) is 19.2 Å². The van der Waals surface area contributed by atoms with E-state index in [4.69, 9.17) is 21.1 Å². The van der Waals surface area contributed by atoms with Gasteiger partial charge in [-0.15, -0.1) is 0 Å². The summed E-state index contributed by atoms with van der Waals surface area (Å²) in [5.41, 5.74) is 2.78. The fourth-order valence-electron chi connectivity index (χ4n) is 3.18. The summed E-state index contributed by atoms with van der Waals surface area (Å²) in [5.74, 6) is 0.781. The molecule has 0 amide bonds. The van der Waals surface area contributed by atoms with E-state index in [1.807, 2.05) is 24.3 Å². The van der Waals surface area contributed by atoms with Crippen LogP contribution >= 0.6 is 11.6 Å². The Kier molecular flexibility index (Phi) is 8.12. The van der Waals surface area contributed by atoms with Gasteiger partial charge in [-0.25, -0.2) is 4.39 Å². The molecule has 3 aromatic carbocycles. The van der Waals surface area contributed by atoms with Crippen molar-refractivity contribution in [2.45, 2.75) is 39.0 Å². The van der Waals surface area contributed by atoms with Crippen molar-refractivity contribution in [1.82, 2.24) is 5.32 Å². The number of aryl methyl sites for hydroxylation is 1. The molecular weight excluding hydrogens is 401 g/mol. The van der Waals surface area contributed by atoms with Crippen LogP contribution in [0.4, 0.5) is 4.39 Å². The van der Waals surface area contributed by atoms with Gasteiger partial charge in [-0.05, 0) is 55.2 Å². The van der Waals surface area contributed by atoms with Gasteiger partial charge in [-0.1, -0.05) is 54.1 Å². The Balaban J connectivity index is 1.54. The third kappa shape index (κ3) is 6.22. The van der Waals surface area contributed by atoms with Crippen molar-refractivity contribution in [2.75, 3.05) is 7.11 Å². The van der Waals surface area contributed by atoms with Gasteiger partial charge in [-0.3, -0.25) is 0 Å². The van der Waals surface area contributed by atoms with Gasteiger partial charge in [0.05, 0.1) is 12.1 Å². The third-order valence-electron chi connectivity index (χ3n) is 5.03. The first-order valence-electron chi connectivity index (χ1n) is 10.1. The highest BCUT2D eigenvalue weighted by atomic mass is 35.5. The smallest absolute Gasteiger partial charge is 0.161 e. The highest BCUT2D eigenvalue weighted by molar-refractivity contribution is 6.31. The zero-order valence-corrected chi connectivity index (χ0v) is 18.1. The van der Waals surface area contributed by atoms with Crippen molar-refractivity contribution < 1.29 is 13.9 Å². The predicted octanol–water partition coefficient (Wildman–Crippen LogP) is 6.18. The Morgan fingerprint density at radius 2 is 1.77 bits per heavy atom. The SMILES string of the molecule is COc1cc(CN[C@@H](C)CCc2ccccc2)ccc1OCc1c(F)cccc1Cl. The van der Waals surface area contributed by atoms with Crippen LogP contribution in [0.5, 0.6) is 11.5 Å². The summed E-state index contributed by atoms with van der Waals surface area (Å²) in [4.78, 5) is 0. The maximum absolute atomic E-state index is 13.9. The monoisotopic (exact) mass is 427 g/mol. The number of nitrogens with one attached hydrogen (secondary N) is 1. The van der Waals surface area contributed by atoms with E-state index >= 15 is 0 Å². The number of halogens is 2. The molecule has 0 heterocycles. The average molecular weight is 428 g/mol. The van der Waals surface area contributed by atoms with E-state index in [0.29, 0.717) is 28.1 Å². The van der Waals surface area contributed by atoms with Gasteiger partial charge < -0.3 is 14.8 Å². The lowest BCUT2D eigenvalue weighted by atomic mass is 10.1. The summed E-state index contributed by atoms with van der Waals surface area (Å²) in [5, 5.41) is 3.90. The molecule has 0 aliphatic rings. The van der Waals surface area contributed by atoms with Gasteiger partial charge in [-0.2, -0.15) is 0 Å². The number of benzene rings is 3. The number of methoxy groups -OCH3 is 1. The topological polar surface area (TPSA) is 30.5 Å². The molecule has 158 valence electrons. The standard InChI is InChI=1S/C25H27ClFNO2/c1-18(11-12-19-7-4-3-5-8-19)28-16-20-13-14-24(25(15-20)29-2)30-17-21-22(26)9-6-10-23(21)27/h3-10,13-15,18,28H,11-12,16-17H2,1-2H3/t18-/m0/s1. The van der Waals surface area contributed by atoms with E-state index in [9.17, 15) is 4.39 Å². The highest BCUT2D eigenvalue weighted by Crippen LogP contribution is 2.30. The summed E-state index contributed by atoms with van der Waals surface area (Å²) in [7, 11) is 1.60. The summed E-state index contributed by atoms with van der Waals surface area (Å²) in [6.45, 7) is 2.96. The molecule has 1 atom stereocenters. The Hall–Kier alpha value is -2.56. The van der Waals surface area contributed by atoms with E-state index in [0.717, 1.165) is 24.9 Å². The molecule has 0 aromatic heterocycles. The number of hydrogen-bond acceptors (Lipinski definition) is 3. The molecule has 0 fully saturated rings. The molecule has 0 aliphatic heterocycles. The van der Waals surface area contributed by atoms with Crippen LogP contribution in [0.1, 0.15) is 30.0 Å². The zero-order valence-electron chi connectivity index (χ0n) is 17.3. The molecule has 30 heavy (non-hydrogen) atoms. The minimum atomic E-state index is -0.383. The molecule has 5 heteroatoms. The molecule has 3 rings (SSSR count). The lowest BCUT2D eigenvalue weighted by molar-refractivity contribution is 0.279. The van der Waals surface area contributed by atoms with Gasteiger partial charge in [0, 0.05) is 18.2 Å². The number of rotatable bonds is 10. The largest absolute Gasteiger partial charge is 0.493 e. The Morgan fingerprint density at radius 3 is 2.50 bits per heavy atom. The Morgan fingerprint density at radius 1 is 0.967 bits per heavy atom. The molecule has 0 saturated heterocycles. The first-order valence-corrected chi connectivity index (χ1v) is 10.4. The minimum Gasteiger partial charge on any atom is -0.493 e. The van der Waals surface area contributed by atoms with Gasteiger partial charge in [0.15, 0.2) is 11.5 Å². The Bertz CT molecular complexity index is 929. The van der Waals surface area contributed by atoms with E-state index in [2.05, 4.69) is 36.5 Å². The fourth-order valence-corrected chi connectivity index (χ4v) is 3.40. The maximum atomic E-state index is 13.9. The van der Waals surface area contributed by atoms with E-state index in [-0.39, 0.29) is 12.4 Å². The van der Waals surface area contributed by atoms with Gasteiger partial charge in [0.2, 0.25) is 0 Å². The fraction of sp³-hybridized carbons (Fsp3) is 0.280. The highest BCUT2D eigenvalue weighted by Gasteiger charge is 2.11. The van der Waals surface area contributed by atoms with Crippen LogP contribution in [0.15, 0.2) is 66.7 Å². The first-order chi connectivity index (χ1) is 14.6. The molecular formula is C25H27ClFNO2. The van der Waals surface area contributed by atoms with Crippen LogP contribution in [-0.2, 0) is 19.6 Å². The van der Waals surface area contributed by atoms with Crippen LogP contribution in [0.2, 0.25) is 5.02 Å². The zero-order chi connectivity index (χ0) is 21.3. The molecule has 0 spiro atoms. The molecule has 0 saturated carbocycles. The first kappa shape index (κ1) is 22.1. The van der Waals surface area contributed by atoms with E-state index < -0.39 is 0 Å². The number of ether oxygens (including phenoxy) is 2. The van der Waals surface area contributed by atoms with E-state index in [1.165, 1.54) is 11.6 Å². The second-order valence-corrected chi connectivity index (χ2v) is 7.69. The Labute approximate surface area is 182 Å². The van der Waals surface area contributed by atoms with Crippen molar-refractivity contribution >= 4 is 11.6 Å². The normalized spacial score (nSPS) is 11.9. The van der Waals surface area contributed by atoms with Crippen LogP contribution in [0.3, 0.4) is 0 Å². The van der Waals surface area contributed by atoms with Crippen molar-refractivity contribution in [3.8, 4) is 11.5 Å². The van der Waals surface area contributed by atoms with Crippen LogP contribution in [0.25, 0.3) is 0 Å². The van der Waals surface area contributed by atoms with Crippen molar-refractivity contribution in [3.05, 3.63) is 94.3 Å². The quantitative estimate of drug-likeness (QED) is 0.419. The molecule has 0 aliphatic carbocycles. The summed E-state index contributed by atoms with van der Waals surface area (Å²) < 4.78 is 25.2. The van der Waals surface area contributed by atoms with Crippen molar-refractivity contribution in [3.63, 3.8) is 0 Å². The number of hydrogen-bond donors (Lipinski definition) is 1. The molecule has 3 aromatic rings. The lowest BCUT2D eigenvalue weighted by Gasteiger charge is -2.16. The summed E-state index contributed by atoms with van der Waals surface area (Å²) in [6.07, 6.45) is 2.11. The van der Waals surface area contributed by atoms with Gasteiger partial charge >= 0.3 is 0 Å². The molecule has 0 radical (unpaired) electrons. The van der Waals surface area contributed by atoms with Crippen LogP contribution in [0, 0.1) is 5.82 Å². The minimum absolute atomic E-state index is 0.0377. The maximum Gasteiger partial charge on any atom is 0.161 e. The van der Waals surface area contributed by atoms with Crippen LogP contribution in [-0.4, -0.2) is 13.2 Å². The molecule has 3 nitrogen and oxygen atoms in total. The molecule has 1 N–H and O–H groups in total. The predicted molar refractivity (Wildman–Crippen MR) is 120 cm³/mol. The lowest BCUT2D eigenvalue weighted by Crippen LogP contribution is -2.26. The molecule has 0 bridgehead atoms. The van der Waals surface area contributed by atoms with Crippen molar-refractivity contribution in [1.29, 1.82) is 0 Å². The summed E-state index contributed by atoms with van der Waals surface area (Å²) >= 11 is 6.07. The van der Waals surface area contributed by atoms with Gasteiger partial charge in [0.1, 0.15) is 12.4 Å². The van der Waals surface area contributed by atoms with Gasteiger partial charge in [0.25, 0.3) is 0 Å². The van der Waals surface area contributed by atoms with Crippen LogP contribution < -0.4 is 14.8 Å². The average Bonchev–Trinajstić information content (AvgIpc) is 2.77. The third-order valence-corrected chi connectivity index (χ3v) is 5.38.